The Kier molecular flexibility index (Phi) is 5.04. The van der Waals surface area contributed by atoms with Gasteiger partial charge >= 0.3 is 0 Å². The second-order valence-corrected chi connectivity index (χ2v) is 6.65. The third-order valence-electron chi connectivity index (χ3n) is 4.91. The van der Waals surface area contributed by atoms with Gasteiger partial charge in [-0.1, -0.05) is 12.1 Å². The molecule has 2 atom stereocenters. The van der Waals surface area contributed by atoms with Crippen LogP contribution in [0.4, 0.5) is 5.69 Å². The summed E-state index contributed by atoms with van der Waals surface area (Å²) < 4.78 is 5.43. The van der Waals surface area contributed by atoms with Crippen molar-refractivity contribution in [3.63, 3.8) is 0 Å². The molecule has 2 amide bonds. The number of nitrogens with two attached hydrogens (primary N) is 1. The van der Waals surface area contributed by atoms with Crippen molar-refractivity contribution in [1.29, 1.82) is 0 Å². The highest BCUT2D eigenvalue weighted by atomic mass is 16.5. The summed E-state index contributed by atoms with van der Waals surface area (Å²) >= 11 is 0. The largest absolute Gasteiger partial charge is 0.482 e. The van der Waals surface area contributed by atoms with Gasteiger partial charge in [0.2, 0.25) is 5.91 Å². The average Bonchev–Trinajstić information content (AvgIpc) is 2.60. The van der Waals surface area contributed by atoms with E-state index in [9.17, 15) is 9.59 Å². The van der Waals surface area contributed by atoms with Crippen molar-refractivity contribution < 1.29 is 14.3 Å². The van der Waals surface area contributed by atoms with Crippen LogP contribution in [0.5, 0.6) is 5.75 Å². The Morgan fingerprint density at radius 1 is 1.42 bits per heavy atom. The highest BCUT2D eigenvalue weighted by Crippen LogP contribution is 2.31. The van der Waals surface area contributed by atoms with Crippen LogP contribution in [0.1, 0.15) is 26.2 Å². The molecule has 6 heteroatoms. The molecule has 0 aromatic heterocycles. The molecule has 0 aliphatic carbocycles. The standard InChI is InChI=1S/C18H25N3O3/c1-13(19)14-5-4-9-20(11-14)17(22)8-10-21-15-6-2-3-7-16(15)24-12-18(21)23/h2-3,6-7,13-14H,4-5,8-12,19H2,1H3. The van der Waals surface area contributed by atoms with Crippen LogP contribution in [-0.2, 0) is 9.59 Å². The molecule has 1 fully saturated rings. The van der Waals surface area contributed by atoms with E-state index in [4.69, 9.17) is 10.5 Å². The fourth-order valence-electron chi connectivity index (χ4n) is 3.43. The molecule has 3 rings (SSSR count). The van der Waals surface area contributed by atoms with Crippen LogP contribution in [0.3, 0.4) is 0 Å². The molecular weight excluding hydrogens is 306 g/mol. The fourth-order valence-corrected chi connectivity index (χ4v) is 3.43. The van der Waals surface area contributed by atoms with Gasteiger partial charge < -0.3 is 20.3 Å². The van der Waals surface area contributed by atoms with Gasteiger partial charge in [0.15, 0.2) is 6.61 Å². The SMILES string of the molecule is CC(N)C1CCCN(C(=O)CCN2C(=O)COc3ccccc32)C1. The van der Waals surface area contributed by atoms with E-state index < -0.39 is 0 Å². The summed E-state index contributed by atoms with van der Waals surface area (Å²) in [6.07, 6.45) is 2.40. The molecule has 0 radical (unpaired) electrons. The summed E-state index contributed by atoms with van der Waals surface area (Å²) in [5.74, 6) is 1.05. The first-order valence-corrected chi connectivity index (χ1v) is 8.62. The topological polar surface area (TPSA) is 75.9 Å². The molecule has 2 aliphatic heterocycles. The van der Waals surface area contributed by atoms with Crippen molar-refractivity contribution >= 4 is 17.5 Å². The number of hydrogen-bond acceptors (Lipinski definition) is 4. The molecule has 0 spiro atoms. The van der Waals surface area contributed by atoms with Gasteiger partial charge in [-0.25, -0.2) is 0 Å². The fraction of sp³-hybridized carbons (Fsp3) is 0.556. The first-order chi connectivity index (χ1) is 11.6. The Morgan fingerprint density at radius 2 is 2.21 bits per heavy atom. The third kappa shape index (κ3) is 3.53. The normalized spacial score (nSPS) is 21.9. The molecule has 6 nitrogen and oxygen atoms in total. The highest BCUT2D eigenvalue weighted by Gasteiger charge is 2.28. The number of likely N-dealkylation sites (tertiary alicyclic amines) is 1. The number of piperidine rings is 1. The molecule has 0 bridgehead atoms. The minimum Gasteiger partial charge on any atom is -0.482 e. The smallest absolute Gasteiger partial charge is 0.265 e. The van der Waals surface area contributed by atoms with Crippen molar-refractivity contribution in [2.24, 2.45) is 11.7 Å². The highest BCUT2D eigenvalue weighted by molar-refractivity contribution is 5.98. The average molecular weight is 331 g/mol. The Morgan fingerprint density at radius 3 is 3.00 bits per heavy atom. The van der Waals surface area contributed by atoms with Crippen LogP contribution in [0, 0.1) is 5.92 Å². The number of rotatable bonds is 4. The maximum absolute atomic E-state index is 12.5. The number of anilines is 1. The summed E-state index contributed by atoms with van der Waals surface area (Å²) in [6.45, 7) is 3.93. The second-order valence-electron chi connectivity index (χ2n) is 6.65. The predicted molar refractivity (Wildman–Crippen MR) is 91.9 cm³/mol. The molecule has 0 saturated carbocycles. The van der Waals surface area contributed by atoms with E-state index in [0.717, 1.165) is 31.6 Å². The van der Waals surface area contributed by atoms with Crippen LogP contribution >= 0.6 is 0 Å². The quantitative estimate of drug-likeness (QED) is 0.904. The van der Waals surface area contributed by atoms with Gasteiger partial charge in [-0.15, -0.1) is 0 Å². The first-order valence-electron chi connectivity index (χ1n) is 8.62. The van der Waals surface area contributed by atoms with Gasteiger partial charge in [0.05, 0.1) is 5.69 Å². The summed E-state index contributed by atoms with van der Waals surface area (Å²) in [6, 6.07) is 7.54. The lowest BCUT2D eigenvalue weighted by molar-refractivity contribution is -0.133. The first kappa shape index (κ1) is 16.8. The van der Waals surface area contributed by atoms with Crippen molar-refractivity contribution in [2.45, 2.75) is 32.2 Å². The minimum absolute atomic E-state index is 0.0294. The van der Waals surface area contributed by atoms with E-state index in [0.29, 0.717) is 24.6 Å². The molecule has 2 unspecified atom stereocenters. The number of para-hydroxylation sites is 2. The summed E-state index contributed by atoms with van der Waals surface area (Å²) in [7, 11) is 0. The Hall–Kier alpha value is -2.08. The number of nitrogens with zero attached hydrogens (tertiary/aromatic N) is 2. The van der Waals surface area contributed by atoms with Gasteiger partial charge in [0.25, 0.3) is 5.91 Å². The number of carbonyl (C=O) groups is 2. The Balaban J connectivity index is 1.61. The van der Waals surface area contributed by atoms with Crippen LogP contribution in [0.15, 0.2) is 24.3 Å². The number of fused-ring (bicyclic) bond motifs is 1. The van der Waals surface area contributed by atoms with E-state index in [2.05, 4.69) is 0 Å². The minimum atomic E-state index is -0.103. The lowest BCUT2D eigenvalue weighted by Gasteiger charge is -2.35. The number of hydrogen-bond donors (Lipinski definition) is 1. The zero-order chi connectivity index (χ0) is 17.1. The van der Waals surface area contributed by atoms with Crippen molar-refractivity contribution in [1.82, 2.24) is 4.90 Å². The van der Waals surface area contributed by atoms with Gasteiger partial charge in [0, 0.05) is 32.1 Å². The van der Waals surface area contributed by atoms with Crippen molar-refractivity contribution in [2.75, 3.05) is 31.1 Å². The molecule has 1 aromatic carbocycles. The van der Waals surface area contributed by atoms with Gasteiger partial charge in [-0.2, -0.15) is 0 Å². The van der Waals surface area contributed by atoms with Gasteiger partial charge in [-0.05, 0) is 37.8 Å². The molecular formula is C18H25N3O3. The zero-order valence-electron chi connectivity index (χ0n) is 14.1. The van der Waals surface area contributed by atoms with E-state index in [1.807, 2.05) is 36.1 Å². The number of ether oxygens (including phenoxy) is 1. The molecule has 1 aromatic rings. The maximum Gasteiger partial charge on any atom is 0.265 e. The number of amides is 2. The van der Waals surface area contributed by atoms with E-state index in [1.54, 1.807) is 4.90 Å². The molecule has 1 saturated heterocycles. The van der Waals surface area contributed by atoms with Crippen LogP contribution in [0.2, 0.25) is 0 Å². The second kappa shape index (κ2) is 7.21. The monoisotopic (exact) mass is 331 g/mol. The summed E-state index contributed by atoms with van der Waals surface area (Å²) in [4.78, 5) is 28.2. The van der Waals surface area contributed by atoms with E-state index in [1.165, 1.54) is 0 Å². The molecule has 2 heterocycles. The van der Waals surface area contributed by atoms with E-state index in [-0.39, 0.29) is 24.5 Å². The lowest BCUT2D eigenvalue weighted by Crippen LogP contribution is -2.46. The summed E-state index contributed by atoms with van der Waals surface area (Å²) in [5.41, 5.74) is 6.73. The molecule has 2 aliphatic rings. The van der Waals surface area contributed by atoms with E-state index >= 15 is 0 Å². The number of carbonyl (C=O) groups excluding carboxylic acids is 2. The Labute approximate surface area is 142 Å². The third-order valence-corrected chi connectivity index (χ3v) is 4.91. The van der Waals surface area contributed by atoms with Crippen LogP contribution in [-0.4, -0.2) is 49.0 Å². The maximum atomic E-state index is 12.5. The molecule has 24 heavy (non-hydrogen) atoms. The van der Waals surface area contributed by atoms with Crippen LogP contribution < -0.4 is 15.4 Å². The Bertz CT molecular complexity index is 617. The number of benzene rings is 1. The summed E-state index contributed by atoms with van der Waals surface area (Å²) in [5, 5.41) is 0. The van der Waals surface area contributed by atoms with Gasteiger partial charge in [-0.3, -0.25) is 9.59 Å². The van der Waals surface area contributed by atoms with Crippen molar-refractivity contribution in [3.8, 4) is 5.75 Å². The van der Waals surface area contributed by atoms with Crippen LogP contribution in [0.25, 0.3) is 0 Å². The lowest BCUT2D eigenvalue weighted by atomic mass is 9.92. The predicted octanol–water partition coefficient (Wildman–Crippen LogP) is 1.39. The van der Waals surface area contributed by atoms with Crippen molar-refractivity contribution in [3.05, 3.63) is 24.3 Å². The molecule has 130 valence electrons. The zero-order valence-corrected chi connectivity index (χ0v) is 14.1. The molecule has 2 N–H and O–H groups in total. The van der Waals surface area contributed by atoms with Gasteiger partial charge in [0.1, 0.15) is 5.75 Å².